The summed E-state index contributed by atoms with van der Waals surface area (Å²) in [6.07, 6.45) is 0.975. The Kier molecular flexibility index (Phi) is 6.08. The van der Waals surface area contributed by atoms with E-state index in [-0.39, 0.29) is 17.9 Å². The lowest BCUT2D eigenvalue weighted by Crippen LogP contribution is -2.37. The minimum absolute atomic E-state index is 0.0103. The van der Waals surface area contributed by atoms with Crippen LogP contribution in [0.4, 0.5) is 0 Å². The van der Waals surface area contributed by atoms with Gasteiger partial charge in [-0.1, -0.05) is 12.1 Å². The second-order valence-corrected chi connectivity index (χ2v) is 6.45. The number of nitrogens with one attached hydrogen (secondary N) is 2. The van der Waals surface area contributed by atoms with Gasteiger partial charge in [0.1, 0.15) is 11.4 Å². The van der Waals surface area contributed by atoms with Crippen molar-refractivity contribution in [2.24, 2.45) is 0 Å². The Morgan fingerprint density at radius 1 is 1.26 bits per heavy atom. The number of aromatic nitrogens is 2. The molecule has 3 rings (SSSR count). The van der Waals surface area contributed by atoms with Crippen LogP contribution in [0, 0.1) is 0 Å². The smallest absolute Gasteiger partial charge is 0.271 e. The molecule has 0 bridgehead atoms. The summed E-state index contributed by atoms with van der Waals surface area (Å²) in [4.78, 5) is 24.3. The first kappa shape index (κ1) is 18.9. The zero-order valence-electron chi connectivity index (χ0n) is 15.5. The van der Waals surface area contributed by atoms with E-state index in [1.807, 2.05) is 24.3 Å². The molecule has 1 atom stereocenters. The number of rotatable bonds is 8. The highest BCUT2D eigenvalue weighted by molar-refractivity contribution is 5.92. The van der Waals surface area contributed by atoms with E-state index in [0.717, 1.165) is 17.0 Å². The summed E-state index contributed by atoms with van der Waals surface area (Å²) in [5, 5.41) is 10.1. The van der Waals surface area contributed by atoms with Crippen LogP contribution in [-0.4, -0.2) is 55.0 Å². The van der Waals surface area contributed by atoms with Crippen molar-refractivity contribution in [3.8, 4) is 5.75 Å². The van der Waals surface area contributed by atoms with Gasteiger partial charge in [0, 0.05) is 25.8 Å². The van der Waals surface area contributed by atoms with Gasteiger partial charge in [-0.2, -0.15) is 5.10 Å². The molecule has 2 amide bonds. The standard InChI is InChI=1S/C19H24N4O4/c1-26-8-7-20-19(25)17-11-15-10-14(12-23(15)22-17)21-18(24)9-13-3-5-16(27-2)6-4-13/h3-6,11,14H,7-10,12H2,1-2H3,(H,20,25)(H,21,24). The van der Waals surface area contributed by atoms with E-state index in [0.29, 0.717) is 38.2 Å². The molecule has 1 aliphatic heterocycles. The van der Waals surface area contributed by atoms with Crippen molar-refractivity contribution in [3.05, 3.63) is 47.3 Å². The summed E-state index contributed by atoms with van der Waals surface area (Å²) in [7, 11) is 3.19. The number of ether oxygens (including phenoxy) is 2. The van der Waals surface area contributed by atoms with Crippen LogP contribution in [0.5, 0.6) is 5.75 Å². The quantitative estimate of drug-likeness (QED) is 0.660. The van der Waals surface area contributed by atoms with E-state index in [9.17, 15) is 9.59 Å². The Morgan fingerprint density at radius 3 is 2.70 bits per heavy atom. The van der Waals surface area contributed by atoms with Crippen LogP contribution in [0.1, 0.15) is 21.7 Å². The van der Waals surface area contributed by atoms with Crippen molar-refractivity contribution in [1.82, 2.24) is 20.4 Å². The second kappa shape index (κ2) is 8.68. The van der Waals surface area contributed by atoms with Gasteiger partial charge >= 0.3 is 0 Å². The normalized spacial score (nSPS) is 15.3. The number of carbonyl (C=O) groups excluding carboxylic acids is 2. The van der Waals surface area contributed by atoms with Crippen LogP contribution in [0.2, 0.25) is 0 Å². The number of hydrogen-bond donors (Lipinski definition) is 2. The van der Waals surface area contributed by atoms with Crippen LogP contribution in [0.3, 0.4) is 0 Å². The van der Waals surface area contributed by atoms with Gasteiger partial charge in [-0.25, -0.2) is 0 Å². The molecule has 2 heterocycles. The number of benzene rings is 1. The third kappa shape index (κ3) is 4.85. The third-order valence-electron chi connectivity index (χ3n) is 4.43. The molecular weight excluding hydrogens is 348 g/mol. The Balaban J connectivity index is 1.48. The molecule has 0 fully saturated rings. The second-order valence-electron chi connectivity index (χ2n) is 6.45. The first-order valence-electron chi connectivity index (χ1n) is 8.85. The number of fused-ring (bicyclic) bond motifs is 1. The molecule has 1 aromatic carbocycles. The van der Waals surface area contributed by atoms with E-state index in [4.69, 9.17) is 9.47 Å². The van der Waals surface area contributed by atoms with Gasteiger partial charge in [-0.15, -0.1) is 0 Å². The van der Waals surface area contributed by atoms with Crippen LogP contribution >= 0.6 is 0 Å². The molecule has 8 heteroatoms. The van der Waals surface area contributed by atoms with E-state index in [1.54, 1.807) is 25.0 Å². The van der Waals surface area contributed by atoms with Crippen molar-refractivity contribution in [1.29, 1.82) is 0 Å². The summed E-state index contributed by atoms with van der Waals surface area (Å²) in [6, 6.07) is 9.21. The van der Waals surface area contributed by atoms with Gasteiger partial charge in [0.25, 0.3) is 5.91 Å². The first-order valence-corrected chi connectivity index (χ1v) is 8.85. The van der Waals surface area contributed by atoms with Gasteiger partial charge in [0.15, 0.2) is 0 Å². The average molecular weight is 372 g/mol. The lowest BCUT2D eigenvalue weighted by Gasteiger charge is -2.12. The van der Waals surface area contributed by atoms with E-state index < -0.39 is 0 Å². The topological polar surface area (TPSA) is 94.5 Å². The summed E-state index contributed by atoms with van der Waals surface area (Å²) < 4.78 is 11.8. The molecule has 1 aromatic heterocycles. The fourth-order valence-electron chi connectivity index (χ4n) is 3.08. The van der Waals surface area contributed by atoms with Crippen LogP contribution in [-0.2, 0) is 28.9 Å². The van der Waals surface area contributed by atoms with E-state index in [1.165, 1.54) is 0 Å². The van der Waals surface area contributed by atoms with Gasteiger partial charge in [-0.3, -0.25) is 14.3 Å². The predicted molar refractivity (Wildman–Crippen MR) is 98.8 cm³/mol. The van der Waals surface area contributed by atoms with Crippen molar-refractivity contribution in [3.63, 3.8) is 0 Å². The zero-order chi connectivity index (χ0) is 19.2. The number of carbonyl (C=O) groups is 2. The number of nitrogens with zero attached hydrogens (tertiary/aromatic N) is 2. The molecule has 0 saturated carbocycles. The summed E-state index contributed by atoms with van der Waals surface area (Å²) in [5.74, 6) is 0.518. The SMILES string of the molecule is COCCNC(=O)c1cc2n(n1)CC(NC(=O)Cc1ccc(OC)cc1)C2. The van der Waals surface area contributed by atoms with Crippen molar-refractivity contribution in [2.75, 3.05) is 27.4 Å². The van der Waals surface area contributed by atoms with Crippen molar-refractivity contribution in [2.45, 2.75) is 25.4 Å². The molecule has 8 nitrogen and oxygen atoms in total. The van der Waals surface area contributed by atoms with Crippen LogP contribution in [0.25, 0.3) is 0 Å². The van der Waals surface area contributed by atoms with Gasteiger partial charge < -0.3 is 20.1 Å². The maximum Gasteiger partial charge on any atom is 0.271 e. The molecule has 0 aliphatic carbocycles. The van der Waals surface area contributed by atoms with E-state index >= 15 is 0 Å². The lowest BCUT2D eigenvalue weighted by atomic mass is 10.1. The summed E-state index contributed by atoms with van der Waals surface area (Å²) >= 11 is 0. The highest BCUT2D eigenvalue weighted by Crippen LogP contribution is 2.17. The molecular formula is C19H24N4O4. The van der Waals surface area contributed by atoms with Gasteiger partial charge in [0.05, 0.1) is 32.7 Å². The largest absolute Gasteiger partial charge is 0.497 e. The highest BCUT2D eigenvalue weighted by atomic mass is 16.5. The Bertz CT molecular complexity index is 777. The van der Waals surface area contributed by atoms with Crippen molar-refractivity contribution < 1.29 is 19.1 Å². The first-order chi connectivity index (χ1) is 13.1. The molecule has 27 heavy (non-hydrogen) atoms. The fourth-order valence-corrected chi connectivity index (χ4v) is 3.08. The molecule has 0 saturated heterocycles. The summed E-state index contributed by atoms with van der Waals surface area (Å²) in [6.45, 7) is 1.47. The minimum Gasteiger partial charge on any atom is -0.497 e. The van der Waals surface area contributed by atoms with Crippen LogP contribution in [0.15, 0.2) is 30.3 Å². The minimum atomic E-state index is -0.214. The van der Waals surface area contributed by atoms with Gasteiger partial charge in [0.2, 0.25) is 5.91 Å². The monoisotopic (exact) mass is 372 g/mol. The number of amides is 2. The Morgan fingerprint density at radius 2 is 2.04 bits per heavy atom. The molecule has 2 aromatic rings. The van der Waals surface area contributed by atoms with Crippen molar-refractivity contribution >= 4 is 11.8 Å². The highest BCUT2D eigenvalue weighted by Gasteiger charge is 2.26. The molecule has 1 unspecified atom stereocenters. The molecule has 2 N–H and O–H groups in total. The fraction of sp³-hybridized carbons (Fsp3) is 0.421. The van der Waals surface area contributed by atoms with Crippen LogP contribution < -0.4 is 15.4 Å². The maximum absolute atomic E-state index is 12.3. The molecule has 0 radical (unpaired) electrons. The zero-order valence-corrected chi connectivity index (χ0v) is 15.5. The number of methoxy groups -OCH3 is 2. The van der Waals surface area contributed by atoms with Gasteiger partial charge in [-0.05, 0) is 23.8 Å². The molecule has 0 spiro atoms. The predicted octanol–water partition coefficient (Wildman–Crippen LogP) is 0.552. The summed E-state index contributed by atoms with van der Waals surface area (Å²) in [5.41, 5.74) is 2.27. The maximum atomic E-state index is 12.3. The molecule has 1 aliphatic rings. The molecule has 144 valence electrons. The lowest BCUT2D eigenvalue weighted by molar-refractivity contribution is -0.121. The third-order valence-corrected chi connectivity index (χ3v) is 4.43. The Labute approximate surface area is 157 Å². The Hall–Kier alpha value is -2.87. The number of hydrogen-bond acceptors (Lipinski definition) is 5. The van der Waals surface area contributed by atoms with E-state index in [2.05, 4.69) is 15.7 Å². The average Bonchev–Trinajstić information content (AvgIpc) is 3.21.